The summed E-state index contributed by atoms with van der Waals surface area (Å²) in [5.41, 5.74) is 1.64. The van der Waals surface area contributed by atoms with E-state index in [2.05, 4.69) is 9.97 Å². The second-order valence-electron chi connectivity index (χ2n) is 3.87. The van der Waals surface area contributed by atoms with Gasteiger partial charge in [0.2, 0.25) is 0 Å². The molecule has 0 aromatic carbocycles. The van der Waals surface area contributed by atoms with Crippen LogP contribution in [0.15, 0.2) is 46.5 Å². The van der Waals surface area contributed by atoms with Gasteiger partial charge in [0.15, 0.2) is 0 Å². The molecule has 2 rings (SSSR count). The van der Waals surface area contributed by atoms with Gasteiger partial charge in [-0.3, -0.25) is 0 Å². The third-order valence-electron chi connectivity index (χ3n) is 2.39. The van der Waals surface area contributed by atoms with Crippen LogP contribution in [-0.2, 0) is 0 Å². The Morgan fingerprint density at radius 2 is 1.20 bits per heavy atom. The predicted octanol–water partition coefficient (Wildman–Crippen LogP) is 2.31. The molecular formula is C14H16N2O2S2. The minimum Gasteiger partial charge on any atom is -0.396 e. The van der Waals surface area contributed by atoms with Gasteiger partial charge in [-0.1, -0.05) is 12.1 Å². The highest BCUT2D eigenvalue weighted by Gasteiger charge is 2.04. The van der Waals surface area contributed by atoms with Gasteiger partial charge in [0.05, 0.1) is 34.7 Å². The largest absolute Gasteiger partial charge is 0.396 e. The van der Waals surface area contributed by atoms with Gasteiger partial charge >= 0.3 is 0 Å². The summed E-state index contributed by atoms with van der Waals surface area (Å²) in [6.07, 6.45) is 0. The van der Waals surface area contributed by atoms with Crippen molar-refractivity contribution in [2.24, 2.45) is 0 Å². The van der Waals surface area contributed by atoms with E-state index < -0.39 is 0 Å². The van der Waals surface area contributed by atoms with E-state index in [0.29, 0.717) is 11.5 Å². The van der Waals surface area contributed by atoms with Crippen molar-refractivity contribution in [3.63, 3.8) is 0 Å². The minimum atomic E-state index is 0.141. The van der Waals surface area contributed by atoms with Crippen LogP contribution in [0.1, 0.15) is 0 Å². The Balaban J connectivity index is 2.17. The van der Waals surface area contributed by atoms with Crippen LogP contribution < -0.4 is 0 Å². The molecule has 0 aliphatic rings. The number of aromatic nitrogens is 2. The van der Waals surface area contributed by atoms with Crippen molar-refractivity contribution in [1.29, 1.82) is 0 Å². The Bertz CT molecular complexity index is 503. The molecule has 0 saturated heterocycles. The summed E-state index contributed by atoms with van der Waals surface area (Å²) in [4.78, 5) is 9.07. The van der Waals surface area contributed by atoms with Crippen LogP contribution in [0.25, 0.3) is 11.4 Å². The van der Waals surface area contributed by atoms with Gasteiger partial charge in [-0.25, -0.2) is 9.97 Å². The molecule has 20 heavy (non-hydrogen) atoms. The molecule has 0 unspecified atom stereocenters. The second-order valence-corrected chi connectivity index (χ2v) is 6.10. The molecular weight excluding hydrogens is 292 g/mol. The molecule has 0 bridgehead atoms. The summed E-state index contributed by atoms with van der Waals surface area (Å²) in [6, 6.07) is 11.6. The van der Waals surface area contributed by atoms with Crippen molar-refractivity contribution in [2.75, 3.05) is 24.7 Å². The fourth-order valence-corrected chi connectivity index (χ4v) is 2.85. The SMILES string of the molecule is OCCSc1cccc(-c2cccc(SCCO)n2)n1. The molecule has 4 nitrogen and oxygen atoms in total. The first kappa shape index (κ1) is 15.3. The molecule has 0 radical (unpaired) electrons. The van der Waals surface area contributed by atoms with Crippen molar-refractivity contribution in [3.8, 4) is 11.4 Å². The Labute approximate surface area is 126 Å². The van der Waals surface area contributed by atoms with Crippen LogP contribution in [0, 0.1) is 0 Å². The van der Waals surface area contributed by atoms with Gasteiger partial charge in [0.1, 0.15) is 0 Å². The van der Waals surface area contributed by atoms with Gasteiger partial charge in [-0.05, 0) is 24.3 Å². The van der Waals surface area contributed by atoms with E-state index in [9.17, 15) is 0 Å². The first-order valence-corrected chi connectivity index (χ1v) is 8.22. The maximum atomic E-state index is 8.85. The van der Waals surface area contributed by atoms with E-state index in [-0.39, 0.29) is 13.2 Å². The molecule has 0 fully saturated rings. The van der Waals surface area contributed by atoms with Crippen molar-refractivity contribution in [3.05, 3.63) is 36.4 Å². The van der Waals surface area contributed by atoms with Crippen molar-refractivity contribution in [1.82, 2.24) is 9.97 Å². The first-order valence-electron chi connectivity index (χ1n) is 6.25. The molecule has 0 aliphatic heterocycles. The van der Waals surface area contributed by atoms with Crippen LogP contribution in [0.2, 0.25) is 0 Å². The zero-order valence-corrected chi connectivity index (χ0v) is 12.5. The Morgan fingerprint density at radius 1 is 0.750 bits per heavy atom. The summed E-state index contributed by atoms with van der Waals surface area (Å²) < 4.78 is 0. The van der Waals surface area contributed by atoms with Gasteiger partial charge < -0.3 is 10.2 Å². The monoisotopic (exact) mass is 308 g/mol. The number of aliphatic hydroxyl groups is 2. The molecule has 0 spiro atoms. The lowest BCUT2D eigenvalue weighted by Gasteiger charge is -2.05. The molecule has 106 valence electrons. The number of rotatable bonds is 7. The smallest absolute Gasteiger partial charge is 0.0968 e. The van der Waals surface area contributed by atoms with Gasteiger partial charge in [0, 0.05) is 11.5 Å². The summed E-state index contributed by atoms with van der Waals surface area (Å²) in [5.74, 6) is 1.27. The van der Waals surface area contributed by atoms with Crippen molar-refractivity contribution >= 4 is 23.5 Å². The van der Waals surface area contributed by atoms with E-state index in [4.69, 9.17) is 10.2 Å². The number of thioether (sulfide) groups is 2. The maximum Gasteiger partial charge on any atom is 0.0968 e. The number of aliphatic hydroxyl groups excluding tert-OH is 2. The highest BCUT2D eigenvalue weighted by Crippen LogP contribution is 2.23. The average molecular weight is 308 g/mol. The summed E-state index contributed by atoms with van der Waals surface area (Å²) >= 11 is 3.04. The van der Waals surface area contributed by atoms with E-state index >= 15 is 0 Å². The molecule has 2 N–H and O–H groups in total. The van der Waals surface area contributed by atoms with Crippen molar-refractivity contribution in [2.45, 2.75) is 10.1 Å². The lowest BCUT2D eigenvalue weighted by Crippen LogP contribution is -1.93. The van der Waals surface area contributed by atoms with Crippen LogP contribution in [0.5, 0.6) is 0 Å². The molecule has 0 atom stereocenters. The molecule has 2 heterocycles. The number of nitrogens with zero attached hydrogens (tertiary/aromatic N) is 2. The molecule has 0 amide bonds. The molecule has 6 heteroatoms. The highest BCUT2D eigenvalue weighted by molar-refractivity contribution is 7.99. The van der Waals surface area contributed by atoms with E-state index in [1.165, 1.54) is 23.5 Å². The molecule has 0 saturated carbocycles. The molecule has 0 aliphatic carbocycles. The second kappa shape index (κ2) is 8.26. The number of hydrogen-bond acceptors (Lipinski definition) is 6. The Hall–Kier alpha value is -1.08. The topological polar surface area (TPSA) is 66.2 Å². The van der Waals surface area contributed by atoms with Crippen LogP contribution in [0.4, 0.5) is 0 Å². The summed E-state index contributed by atoms with van der Waals surface area (Å²) in [5, 5.41) is 19.5. The molecule has 2 aromatic rings. The summed E-state index contributed by atoms with van der Waals surface area (Å²) in [6.45, 7) is 0.282. The Kier molecular flexibility index (Phi) is 6.32. The van der Waals surface area contributed by atoms with Crippen LogP contribution in [-0.4, -0.2) is 44.9 Å². The van der Waals surface area contributed by atoms with Gasteiger partial charge in [-0.15, -0.1) is 23.5 Å². The normalized spacial score (nSPS) is 10.7. The summed E-state index contributed by atoms with van der Waals surface area (Å²) in [7, 11) is 0. The van der Waals surface area contributed by atoms with E-state index in [1.54, 1.807) is 0 Å². The van der Waals surface area contributed by atoms with Gasteiger partial charge in [0.25, 0.3) is 0 Å². The lowest BCUT2D eigenvalue weighted by atomic mass is 10.2. The van der Waals surface area contributed by atoms with E-state index in [1.807, 2.05) is 36.4 Å². The number of pyridine rings is 2. The highest BCUT2D eigenvalue weighted by atomic mass is 32.2. The zero-order chi connectivity index (χ0) is 14.2. The maximum absolute atomic E-state index is 8.85. The van der Waals surface area contributed by atoms with Crippen LogP contribution >= 0.6 is 23.5 Å². The fourth-order valence-electron chi connectivity index (χ4n) is 1.58. The van der Waals surface area contributed by atoms with Gasteiger partial charge in [-0.2, -0.15) is 0 Å². The van der Waals surface area contributed by atoms with Crippen molar-refractivity contribution < 1.29 is 10.2 Å². The molecule has 2 aromatic heterocycles. The first-order chi connectivity index (χ1) is 9.83. The Morgan fingerprint density at radius 3 is 1.60 bits per heavy atom. The predicted molar refractivity (Wildman–Crippen MR) is 83.1 cm³/mol. The quantitative estimate of drug-likeness (QED) is 0.765. The van der Waals surface area contributed by atoms with Crippen LogP contribution in [0.3, 0.4) is 0 Å². The minimum absolute atomic E-state index is 0.141. The third-order valence-corrected chi connectivity index (χ3v) is 4.21. The zero-order valence-electron chi connectivity index (χ0n) is 10.9. The lowest BCUT2D eigenvalue weighted by molar-refractivity contribution is 0.322. The third kappa shape index (κ3) is 4.49. The standard InChI is InChI=1S/C14H16N2O2S2/c17-7-9-19-13-5-1-3-11(15-13)12-4-2-6-14(16-12)20-10-8-18/h1-6,17-18H,7-10H2. The fraction of sp³-hybridized carbons (Fsp3) is 0.286. The average Bonchev–Trinajstić information content (AvgIpc) is 2.51. The number of hydrogen-bond donors (Lipinski definition) is 2. The van der Waals surface area contributed by atoms with E-state index in [0.717, 1.165) is 21.4 Å².